The Bertz CT molecular complexity index is 887. The van der Waals surface area contributed by atoms with Crippen molar-refractivity contribution in [3.05, 3.63) is 64.7 Å². The zero-order valence-electron chi connectivity index (χ0n) is 16.1. The number of nitrogens with one attached hydrogen (secondary N) is 1. The second-order valence-corrected chi connectivity index (χ2v) is 6.39. The van der Waals surface area contributed by atoms with E-state index >= 15 is 0 Å². The molecule has 0 saturated carbocycles. The van der Waals surface area contributed by atoms with Gasteiger partial charge in [-0.3, -0.25) is 4.79 Å². The van der Waals surface area contributed by atoms with Gasteiger partial charge in [-0.1, -0.05) is 29.8 Å². The van der Waals surface area contributed by atoms with E-state index in [4.69, 9.17) is 21.1 Å². The molecule has 0 unspecified atom stereocenters. The number of esters is 1. The lowest BCUT2D eigenvalue weighted by Gasteiger charge is -2.10. The molecular formula is C21H20ClF2NO5. The van der Waals surface area contributed by atoms with E-state index < -0.39 is 25.1 Å². The topological polar surface area (TPSA) is 73.9 Å². The summed E-state index contributed by atoms with van der Waals surface area (Å²) in [5.74, 6) is -1.19. The van der Waals surface area contributed by atoms with Gasteiger partial charge in [0.15, 0.2) is 18.1 Å². The van der Waals surface area contributed by atoms with E-state index in [1.807, 2.05) is 12.1 Å². The zero-order chi connectivity index (χ0) is 21.9. The van der Waals surface area contributed by atoms with Gasteiger partial charge < -0.3 is 19.5 Å². The summed E-state index contributed by atoms with van der Waals surface area (Å²) in [6.07, 6.45) is 3.13. The van der Waals surface area contributed by atoms with Crippen LogP contribution in [-0.2, 0) is 20.7 Å². The largest absolute Gasteiger partial charge is 0.493 e. The van der Waals surface area contributed by atoms with Gasteiger partial charge in [0.2, 0.25) is 0 Å². The van der Waals surface area contributed by atoms with Crippen molar-refractivity contribution < 1.29 is 32.6 Å². The van der Waals surface area contributed by atoms with Crippen LogP contribution in [-0.4, -0.2) is 38.7 Å². The molecule has 1 amide bonds. The highest BCUT2D eigenvalue weighted by atomic mass is 35.5. The highest BCUT2D eigenvalue weighted by Crippen LogP contribution is 2.29. The number of methoxy groups -OCH3 is 1. The Labute approximate surface area is 177 Å². The van der Waals surface area contributed by atoms with Crippen LogP contribution in [0.3, 0.4) is 0 Å². The maximum atomic E-state index is 12.3. The maximum Gasteiger partial charge on any atom is 0.387 e. The molecule has 0 aliphatic heterocycles. The number of amides is 1. The number of halogens is 3. The third kappa shape index (κ3) is 8.08. The van der Waals surface area contributed by atoms with Crippen LogP contribution >= 0.6 is 11.6 Å². The van der Waals surface area contributed by atoms with E-state index in [9.17, 15) is 18.4 Å². The van der Waals surface area contributed by atoms with Gasteiger partial charge in [0.25, 0.3) is 5.91 Å². The van der Waals surface area contributed by atoms with Crippen molar-refractivity contribution >= 4 is 29.6 Å². The lowest BCUT2D eigenvalue weighted by atomic mass is 10.1. The van der Waals surface area contributed by atoms with Crippen molar-refractivity contribution in [2.45, 2.75) is 13.0 Å². The van der Waals surface area contributed by atoms with Gasteiger partial charge in [-0.25, -0.2) is 4.79 Å². The molecule has 0 radical (unpaired) electrons. The van der Waals surface area contributed by atoms with E-state index in [1.165, 1.54) is 31.4 Å². The van der Waals surface area contributed by atoms with E-state index in [0.29, 0.717) is 23.6 Å². The van der Waals surface area contributed by atoms with Crippen molar-refractivity contribution in [2.75, 3.05) is 20.3 Å². The minimum atomic E-state index is -2.98. The van der Waals surface area contributed by atoms with Gasteiger partial charge in [0.1, 0.15) is 0 Å². The molecule has 0 heterocycles. The molecule has 2 aromatic carbocycles. The molecule has 2 aromatic rings. The molecule has 30 heavy (non-hydrogen) atoms. The summed E-state index contributed by atoms with van der Waals surface area (Å²) in [6.45, 7) is -3.01. The van der Waals surface area contributed by atoms with Crippen LogP contribution < -0.4 is 14.8 Å². The number of hydrogen-bond acceptors (Lipinski definition) is 5. The monoisotopic (exact) mass is 439 g/mol. The quantitative estimate of drug-likeness (QED) is 0.449. The molecule has 0 spiro atoms. The maximum absolute atomic E-state index is 12.3. The predicted octanol–water partition coefficient (Wildman–Crippen LogP) is 3.87. The Balaban J connectivity index is 1.76. The second kappa shape index (κ2) is 11.8. The van der Waals surface area contributed by atoms with Crippen molar-refractivity contribution in [1.29, 1.82) is 0 Å². The Kier molecular flexibility index (Phi) is 9.08. The molecule has 1 N–H and O–H groups in total. The van der Waals surface area contributed by atoms with Gasteiger partial charge in [0, 0.05) is 17.6 Å². The highest BCUT2D eigenvalue weighted by molar-refractivity contribution is 6.30. The van der Waals surface area contributed by atoms with Gasteiger partial charge >= 0.3 is 12.6 Å². The van der Waals surface area contributed by atoms with Crippen molar-refractivity contribution in [3.63, 3.8) is 0 Å². The van der Waals surface area contributed by atoms with Crippen LogP contribution in [0.25, 0.3) is 6.08 Å². The molecule has 9 heteroatoms. The summed E-state index contributed by atoms with van der Waals surface area (Å²) >= 11 is 5.81. The minimum Gasteiger partial charge on any atom is -0.493 e. The first kappa shape index (κ1) is 23.2. The molecule has 0 aromatic heterocycles. The average molecular weight is 440 g/mol. The van der Waals surface area contributed by atoms with Gasteiger partial charge in [-0.05, 0) is 47.9 Å². The number of alkyl halides is 2. The molecule has 0 fully saturated rings. The first-order valence-electron chi connectivity index (χ1n) is 8.86. The van der Waals surface area contributed by atoms with E-state index in [0.717, 1.165) is 11.6 Å². The fourth-order valence-corrected chi connectivity index (χ4v) is 2.50. The highest BCUT2D eigenvalue weighted by Gasteiger charge is 2.10. The van der Waals surface area contributed by atoms with Gasteiger partial charge in [-0.15, -0.1) is 0 Å². The third-order valence-electron chi connectivity index (χ3n) is 3.81. The Morgan fingerprint density at radius 1 is 1.13 bits per heavy atom. The van der Waals surface area contributed by atoms with Crippen LogP contribution in [0.15, 0.2) is 48.5 Å². The normalized spacial score (nSPS) is 10.8. The number of hydrogen-bond donors (Lipinski definition) is 1. The first-order valence-corrected chi connectivity index (χ1v) is 9.24. The zero-order valence-corrected chi connectivity index (χ0v) is 16.8. The molecular weight excluding hydrogens is 420 g/mol. The average Bonchev–Trinajstić information content (AvgIpc) is 2.72. The van der Waals surface area contributed by atoms with Gasteiger partial charge in [-0.2, -0.15) is 8.78 Å². The first-order chi connectivity index (χ1) is 14.4. The van der Waals surface area contributed by atoms with Crippen LogP contribution in [0.1, 0.15) is 11.1 Å². The van der Waals surface area contributed by atoms with Gasteiger partial charge in [0.05, 0.1) is 7.11 Å². The Morgan fingerprint density at radius 2 is 1.87 bits per heavy atom. The third-order valence-corrected chi connectivity index (χ3v) is 4.06. The van der Waals surface area contributed by atoms with E-state index in [1.54, 1.807) is 12.1 Å². The summed E-state index contributed by atoms with van der Waals surface area (Å²) in [7, 11) is 1.31. The van der Waals surface area contributed by atoms with E-state index in [2.05, 4.69) is 10.1 Å². The number of carbonyl (C=O) groups excluding carboxylic acids is 2. The predicted molar refractivity (Wildman–Crippen MR) is 108 cm³/mol. The number of benzene rings is 2. The lowest BCUT2D eigenvalue weighted by molar-refractivity contribution is -0.143. The fourth-order valence-electron chi connectivity index (χ4n) is 2.38. The molecule has 160 valence electrons. The molecule has 6 nitrogen and oxygen atoms in total. The van der Waals surface area contributed by atoms with Crippen LogP contribution in [0.4, 0.5) is 8.78 Å². The Morgan fingerprint density at radius 3 is 2.53 bits per heavy atom. The van der Waals surface area contributed by atoms with Crippen molar-refractivity contribution in [3.8, 4) is 11.5 Å². The molecule has 0 aliphatic rings. The Hall–Kier alpha value is -3.13. The van der Waals surface area contributed by atoms with Crippen LogP contribution in [0, 0.1) is 0 Å². The smallest absolute Gasteiger partial charge is 0.387 e. The molecule has 0 aliphatic carbocycles. The fraction of sp³-hybridized carbons (Fsp3) is 0.238. The minimum absolute atomic E-state index is 0.0888. The van der Waals surface area contributed by atoms with Crippen LogP contribution in [0.2, 0.25) is 5.02 Å². The number of carbonyl (C=O) groups is 2. The summed E-state index contributed by atoms with van der Waals surface area (Å²) in [6, 6.07) is 11.4. The summed E-state index contributed by atoms with van der Waals surface area (Å²) in [5.41, 5.74) is 1.51. The molecule has 0 atom stereocenters. The van der Waals surface area contributed by atoms with Crippen molar-refractivity contribution in [1.82, 2.24) is 5.32 Å². The molecule has 0 bridgehead atoms. The SMILES string of the molecule is COc1cc(/C=C/C(=O)OCC(=O)NCCc2ccc(Cl)cc2)ccc1OC(F)F. The lowest BCUT2D eigenvalue weighted by Crippen LogP contribution is -2.30. The standard InChI is InChI=1S/C21H20ClF2NO5/c1-28-18-12-15(4-8-17(18)30-21(23)24)5-9-20(27)29-13-19(26)25-11-10-14-2-6-16(22)7-3-14/h2-9,12,21H,10-11,13H2,1H3,(H,25,26)/b9-5+. The summed E-state index contributed by atoms with van der Waals surface area (Å²) < 4.78 is 38.8. The molecule has 2 rings (SSSR count). The van der Waals surface area contributed by atoms with E-state index in [-0.39, 0.29) is 11.5 Å². The summed E-state index contributed by atoms with van der Waals surface area (Å²) in [4.78, 5) is 23.5. The van der Waals surface area contributed by atoms with Crippen molar-refractivity contribution in [2.24, 2.45) is 0 Å². The number of rotatable bonds is 10. The van der Waals surface area contributed by atoms with Crippen LogP contribution in [0.5, 0.6) is 11.5 Å². The molecule has 0 saturated heterocycles. The second-order valence-electron chi connectivity index (χ2n) is 5.96. The summed E-state index contributed by atoms with van der Waals surface area (Å²) in [5, 5.41) is 3.28. The number of ether oxygens (including phenoxy) is 3.